The van der Waals surface area contributed by atoms with E-state index in [2.05, 4.69) is 24.4 Å². The Bertz CT molecular complexity index is 735. The lowest BCUT2D eigenvalue weighted by Crippen LogP contribution is -2.15. The topological polar surface area (TPSA) is 32.3 Å². The highest BCUT2D eigenvalue weighted by atomic mass is 35.5. The minimum Gasteiger partial charge on any atom is -0.326 e. The van der Waals surface area contributed by atoms with Crippen molar-refractivity contribution < 1.29 is 4.79 Å². The van der Waals surface area contributed by atoms with Crippen molar-refractivity contribution in [2.24, 2.45) is 0 Å². The molecule has 0 aliphatic carbocycles. The van der Waals surface area contributed by atoms with Crippen molar-refractivity contribution in [3.8, 4) is 0 Å². The van der Waals surface area contributed by atoms with E-state index in [0.717, 1.165) is 28.1 Å². The van der Waals surface area contributed by atoms with E-state index in [-0.39, 0.29) is 12.3 Å². The molecule has 6 heteroatoms. The van der Waals surface area contributed by atoms with Gasteiger partial charge in [-0.25, -0.2) is 0 Å². The molecule has 1 N–H and O–H groups in total. The Kier molecular flexibility index (Phi) is 6.99. The molecule has 2 aromatic carbocycles. The third-order valence-electron chi connectivity index (χ3n) is 3.37. The Morgan fingerprint density at radius 3 is 2.50 bits per heavy atom. The highest BCUT2D eigenvalue weighted by Gasteiger charge is 2.10. The van der Waals surface area contributed by atoms with Gasteiger partial charge in [0.25, 0.3) is 0 Å². The van der Waals surface area contributed by atoms with Crippen molar-refractivity contribution in [2.45, 2.75) is 24.7 Å². The van der Waals surface area contributed by atoms with Gasteiger partial charge in [-0.3, -0.25) is 9.10 Å². The minimum atomic E-state index is -0.0740. The van der Waals surface area contributed by atoms with Gasteiger partial charge in [0.15, 0.2) is 0 Å². The number of anilines is 1. The summed E-state index contributed by atoms with van der Waals surface area (Å²) in [5.41, 5.74) is 2.80. The van der Waals surface area contributed by atoms with Crippen LogP contribution in [0.4, 0.5) is 5.69 Å². The van der Waals surface area contributed by atoms with Crippen molar-refractivity contribution in [2.75, 3.05) is 19.4 Å². The van der Waals surface area contributed by atoms with Gasteiger partial charge < -0.3 is 5.32 Å². The fraction of sp³-hybridized carbons (Fsp3) is 0.278. The van der Waals surface area contributed by atoms with E-state index in [4.69, 9.17) is 23.2 Å². The average Bonchev–Trinajstić information content (AvgIpc) is 2.50. The molecule has 0 bridgehead atoms. The number of nitrogens with zero attached hydrogens (tertiary/aromatic N) is 1. The molecule has 3 nitrogen and oxygen atoms in total. The van der Waals surface area contributed by atoms with E-state index >= 15 is 0 Å². The normalized spacial score (nSPS) is 10.9. The minimum absolute atomic E-state index is 0.0740. The zero-order chi connectivity index (χ0) is 17.7. The lowest BCUT2D eigenvalue weighted by molar-refractivity contribution is -0.115. The molecule has 0 spiro atoms. The van der Waals surface area contributed by atoms with Crippen LogP contribution in [0.15, 0.2) is 41.3 Å². The van der Waals surface area contributed by atoms with Gasteiger partial charge in [0.2, 0.25) is 5.91 Å². The maximum atomic E-state index is 12.4. The summed E-state index contributed by atoms with van der Waals surface area (Å²) in [5, 5.41) is 3.96. The number of carbonyl (C=O) groups excluding carboxylic acids is 1. The largest absolute Gasteiger partial charge is 0.326 e. The van der Waals surface area contributed by atoms with E-state index in [1.54, 1.807) is 24.1 Å². The van der Waals surface area contributed by atoms with Crippen LogP contribution in [0.2, 0.25) is 10.0 Å². The number of amides is 1. The SMILES string of the molecule is CCc1ccc(SN(C)C)cc1NC(=O)Cc1ccc(Cl)c(Cl)c1. The molecule has 24 heavy (non-hydrogen) atoms. The second-order valence-corrected chi connectivity index (χ2v) is 7.75. The maximum absolute atomic E-state index is 12.4. The number of aryl methyl sites for hydroxylation is 1. The second kappa shape index (κ2) is 8.77. The third-order valence-corrected chi connectivity index (χ3v) is 4.94. The third kappa shape index (κ3) is 5.42. The van der Waals surface area contributed by atoms with Gasteiger partial charge in [0.05, 0.1) is 16.5 Å². The van der Waals surface area contributed by atoms with Crippen LogP contribution >= 0.6 is 35.1 Å². The monoisotopic (exact) mass is 382 g/mol. The molecule has 128 valence electrons. The van der Waals surface area contributed by atoms with E-state index < -0.39 is 0 Å². The smallest absolute Gasteiger partial charge is 0.228 e. The highest BCUT2D eigenvalue weighted by molar-refractivity contribution is 7.97. The summed E-state index contributed by atoms with van der Waals surface area (Å²) >= 11 is 13.5. The van der Waals surface area contributed by atoms with Crippen molar-refractivity contribution >= 4 is 46.7 Å². The van der Waals surface area contributed by atoms with Crippen LogP contribution in [-0.4, -0.2) is 24.3 Å². The van der Waals surface area contributed by atoms with E-state index in [9.17, 15) is 4.79 Å². The Hall–Kier alpha value is -1.20. The number of hydrogen-bond donors (Lipinski definition) is 1. The molecule has 0 saturated heterocycles. The summed E-state index contributed by atoms with van der Waals surface area (Å²) in [4.78, 5) is 13.5. The molecular weight excluding hydrogens is 363 g/mol. The first-order valence-electron chi connectivity index (χ1n) is 7.61. The van der Waals surface area contributed by atoms with Crippen LogP contribution in [-0.2, 0) is 17.6 Å². The molecule has 0 aliphatic rings. The lowest BCUT2D eigenvalue weighted by atomic mass is 10.1. The van der Waals surface area contributed by atoms with Crippen LogP contribution in [0.1, 0.15) is 18.1 Å². The second-order valence-electron chi connectivity index (χ2n) is 5.55. The van der Waals surface area contributed by atoms with Gasteiger partial charge in [-0.05, 0) is 67.9 Å². The molecule has 0 unspecified atom stereocenters. The van der Waals surface area contributed by atoms with Crippen LogP contribution in [0, 0.1) is 0 Å². The summed E-state index contributed by atoms with van der Waals surface area (Å²) in [5.74, 6) is -0.0740. The Balaban J connectivity index is 2.13. The first-order valence-corrected chi connectivity index (χ1v) is 9.14. The molecule has 0 heterocycles. The number of nitrogens with one attached hydrogen (secondary N) is 1. The molecule has 2 rings (SSSR count). The predicted molar refractivity (Wildman–Crippen MR) is 104 cm³/mol. The van der Waals surface area contributed by atoms with Crippen LogP contribution < -0.4 is 5.32 Å². The van der Waals surface area contributed by atoms with Crippen LogP contribution in [0.3, 0.4) is 0 Å². The quantitative estimate of drug-likeness (QED) is 0.687. The van der Waals surface area contributed by atoms with Gasteiger partial charge in [-0.2, -0.15) is 0 Å². The summed E-state index contributed by atoms with van der Waals surface area (Å²) in [6.07, 6.45) is 1.11. The van der Waals surface area contributed by atoms with Crippen molar-refractivity contribution in [1.82, 2.24) is 4.31 Å². The number of carbonyl (C=O) groups is 1. The summed E-state index contributed by atoms with van der Waals surface area (Å²) in [7, 11) is 3.97. The maximum Gasteiger partial charge on any atom is 0.228 e. The average molecular weight is 383 g/mol. The zero-order valence-electron chi connectivity index (χ0n) is 13.9. The Morgan fingerprint density at radius 1 is 1.12 bits per heavy atom. The molecule has 0 saturated carbocycles. The summed E-state index contributed by atoms with van der Waals surface area (Å²) in [6, 6.07) is 11.4. The number of rotatable bonds is 6. The Labute approximate surface area is 157 Å². The first kappa shape index (κ1) is 19.1. The number of hydrogen-bond acceptors (Lipinski definition) is 3. The standard InChI is InChI=1S/C18H20Cl2N2OS/c1-4-13-6-7-14(24-22(2)3)11-17(13)21-18(23)10-12-5-8-15(19)16(20)9-12/h5-9,11H,4,10H2,1-3H3,(H,21,23). The number of benzene rings is 2. The van der Waals surface area contributed by atoms with Gasteiger partial charge in [-0.15, -0.1) is 0 Å². The zero-order valence-corrected chi connectivity index (χ0v) is 16.2. The van der Waals surface area contributed by atoms with E-state index in [1.165, 1.54) is 0 Å². The molecule has 0 aromatic heterocycles. The highest BCUT2D eigenvalue weighted by Crippen LogP contribution is 2.27. The summed E-state index contributed by atoms with van der Waals surface area (Å²) in [6.45, 7) is 2.07. The van der Waals surface area contributed by atoms with E-state index in [0.29, 0.717) is 10.0 Å². The fourth-order valence-corrected chi connectivity index (χ4v) is 3.32. The fourth-order valence-electron chi connectivity index (χ4n) is 2.28. The van der Waals surface area contributed by atoms with Crippen molar-refractivity contribution in [3.05, 3.63) is 57.6 Å². The van der Waals surface area contributed by atoms with Crippen molar-refractivity contribution in [1.29, 1.82) is 0 Å². The van der Waals surface area contributed by atoms with Crippen LogP contribution in [0.5, 0.6) is 0 Å². The lowest BCUT2D eigenvalue weighted by Gasteiger charge is -2.14. The molecule has 1 amide bonds. The van der Waals surface area contributed by atoms with Gasteiger partial charge in [0.1, 0.15) is 0 Å². The molecule has 0 fully saturated rings. The Morgan fingerprint density at radius 2 is 1.88 bits per heavy atom. The molecule has 0 radical (unpaired) electrons. The van der Waals surface area contributed by atoms with Crippen molar-refractivity contribution in [3.63, 3.8) is 0 Å². The molecule has 2 aromatic rings. The van der Waals surface area contributed by atoms with Gasteiger partial charge in [-0.1, -0.05) is 42.3 Å². The predicted octanol–water partition coefficient (Wildman–Crippen LogP) is 5.31. The first-order chi connectivity index (χ1) is 11.4. The number of halogens is 2. The summed E-state index contributed by atoms with van der Waals surface area (Å²) < 4.78 is 2.02. The van der Waals surface area contributed by atoms with Gasteiger partial charge >= 0.3 is 0 Å². The van der Waals surface area contributed by atoms with Crippen LogP contribution in [0.25, 0.3) is 0 Å². The van der Waals surface area contributed by atoms with E-state index in [1.807, 2.05) is 30.5 Å². The molecule has 0 atom stereocenters. The molecular formula is C18H20Cl2N2OS. The van der Waals surface area contributed by atoms with Gasteiger partial charge in [0, 0.05) is 10.6 Å². The molecule has 0 aliphatic heterocycles.